The van der Waals surface area contributed by atoms with Crippen molar-refractivity contribution in [2.24, 2.45) is 0 Å². The third-order valence-electron chi connectivity index (χ3n) is 3.52. The summed E-state index contributed by atoms with van der Waals surface area (Å²) in [6, 6.07) is 2.79. The number of benzene rings is 1. The van der Waals surface area contributed by atoms with Crippen LogP contribution >= 0.6 is 34.8 Å². The lowest BCUT2D eigenvalue weighted by Crippen LogP contribution is -2.07. The summed E-state index contributed by atoms with van der Waals surface area (Å²) in [6.07, 6.45) is 9.92. The van der Waals surface area contributed by atoms with Gasteiger partial charge in [-0.15, -0.1) is 0 Å². The number of hydrogen-bond donors (Lipinski definition) is 0. The van der Waals surface area contributed by atoms with Crippen LogP contribution in [0.25, 0.3) is 0 Å². The molecule has 0 radical (unpaired) electrons. The van der Waals surface area contributed by atoms with Gasteiger partial charge in [0.2, 0.25) is 0 Å². The molecule has 0 saturated carbocycles. The lowest BCUT2D eigenvalue weighted by Gasteiger charge is -2.06. The van der Waals surface area contributed by atoms with Crippen molar-refractivity contribution in [2.45, 2.75) is 51.9 Å². The van der Waals surface area contributed by atoms with Gasteiger partial charge in [-0.05, 0) is 12.5 Å². The largest absolute Gasteiger partial charge is 0.463 e. The van der Waals surface area contributed by atoms with E-state index in [2.05, 4.69) is 6.92 Å². The Bertz CT molecular complexity index is 629. The van der Waals surface area contributed by atoms with E-state index < -0.39 is 11.9 Å². The van der Waals surface area contributed by atoms with Crippen LogP contribution in [0.4, 0.5) is 0 Å². The lowest BCUT2D eigenvalue weighted by molar-refractivity contribution is -0.138. The molecule has 1 rings (SSSR count). The minimum Gasteiger partial charge on any atom is -0.463 e. The molecular weight excluding hydrogens is 399 g/mol. The SMILES string of the molecule is CCCCCCCCCOC(=O)/C=C/C(=O)Oc1cc(Cl)cc(Cl)c1Cl. The van der Waals surface area contributed by atoms with Crippen LogP contribution in [0.15, 0.2) is 24.3 Å². The summed E-state index contributed by atoms with van der Waals surface area (Å²) in [5, 5.41) is 0.514. The van der Waals surface area contributed by atoms with Gasteiger partial charge in [0.05, 0.1) is 11.6 Å². The van der Waals surface area contributed by atoms with Crippen molar-refractivity contribution in [3.05, 3.63) is 39.4 Å². The number of halogens is 3. The van der Waals surface area contributed by atoms with Crippen LogP contribution < -0.4 is 4.74 Å². The van der Waals surface area contributed by atoms with Gasteiger partial charge in [-0.3, -0.25) is 0 Å². The second-order valence-electron chi connectivity index (χ2n) is 5.74. The van der Waals surface area contributed by atoms with E-state index in [0.29, 0.717) is 6.61 Å². The molecular formula is C19H23Cl3O4. The van der Waals surface area contributed by atoms with E-state index in [-0.39, 0.29) is 20.8 Å². The minimum atomic E-state index is -0.780. The molecule has 0 spiro atoms. The van der Waals surface area contributed by atoms with E-state index in [1.807, 2.05) is 0 Å². The highest BCUT2D eigenvalue weighted by atomic mass is 35.5. The third kappa shape index (κ3) is 9.46. The van der Waals surface area contributed by atoms with E-state index in [1.54, 1.807) is 0 Å². The van der Waals surface area contributed by atoms with Gasteiger partial charge in [0.25, 0.3) is 0 Å². The molecule has 0 N–H and O–H groups in total. The zero-order valence-corrected chi connectivity index (χ0v) is 17.0. The Balaban J connectivity index is 2.27. The number of carbonyl (C=O) groups is 2. The molecule has 0 unspecified atom stereocenters. The summed E-state index contributed by atoms with van der Waals surface area (Å²) in [4.78, 5) is 23.3. The van der Waals surface area contributed by atoms with Crippen molar-refractivity contribution < 1.29 is 19.1 Å². The second kappa shape index (κ2) is 13.0. The van der Waals surface area contributed by atoms with E-state index >= 15 is 0 Å². The molecule has 1 aromatic rings. The van der Waals surface area contributed by atoms with Gasteiger partial charge >= 0.3 is 11.9 Å². The number of ether oxygens (including phenoxy) is 2. The molecule has 0 heterocycles. The fourth-order valence-corrected chi connectivity index (χ4v) is 2.79. The fourth-order valence-electron chi connectivity index (χ4n) is 2.17. The maximum Gasteiger partial charge on any atom is 0.336 e. The molecule has 4 nitrogen and oxygen atoms in total. The van der Waals surface area contributed by atoms with Crippen LogP contribution in [-0.2, 0) is 14.3 Å². The Kier molecular flexibility index (Phi) is 11.4. The molecule has 0 aliphatic carbocycles. The molecule has 0 aliphatic rings. The summed E-state index contributed by atoms with van der Waals surface area (Å²) in [6.45, 7) is 2.52. The van der Waals surface area contributed by atoms with Crippen LogP contribution in [-0.4, -0.2) is 18.5 Å². The molecule has 0 aliphatic heterocycles. The smallest absolute Gasteiger partial charge is 0.336 e. The number of unbranched alkanes of at least 4 members (excludes halogenated alkanes) is 6. The van der Waals surface area contributed by atoms with Gasteiger partial charge in [-0.25, -0.2) is 9.59 Å². The standard InChI is InChI=1S/C19H23Cl3O4/c1-2-3-4-5-6-7-8-11-25-17(23)9-10-18(24)26-16-13-14(20)12-15(21)19(16)22/h9-10,12-13H,2-8,11H2,1H3/b10-9+. The Labute approximate surface area is 169 Å². The maximum atomic E-state index is 11.7. The number of rotatable bonds is 11. The van der Waals surface area contributed by atoms with Crippen molar-refractivity contribution in [2.75, 3.05) is 6.61 Å². The first kappa shape index (κ1) is 22.8. The Morgan fingerprint density at radius 2 is 1.54 bits per heavy atom. The van der Waals surface area contributed by atoms with E-state index in [0.717, 1.165) is 31.4 Å². The predicted molar refractivity (Wildman–Crippen MR) is 105 cm³/mol. The van der Waals surface area contributed by atoms with Crippen LogP contribution in [0.5, 0.6) is 5.75 Å². The lowest BCUT2D eigenvalue weighted by atomic mass is 10.1. The molecule has 0 amide bonds. The molecule has 26 heavy (non-hydrogen) atoms. The van der Waals surface area contributed by atoms with Crippen molar-refractivity contribution >= 4 is 46.7 Å². The first-order chi connectivity index (χ1) is 12.4. The van der Waals surface area contributed by atoms with Crippen molar-refractivity contribution in [1.29, 1.82) is 0 Å². The van der Waals surface area contributed by atoms with Crippen LogP contribution in [0, 0.1) is 0 Å². The van der Waals surface area contributed by atoms with E-state index in [9.17, 15) is 9.59 Å². The molecule has 0 atom stereocenters. The topological polar surface area (TPSA) is 52.6 Å². The van der Waals surface area contributed by atoms with Gasteiger partial charge in [-0.1, -0.05) is 80.3 Å². The van der Waals surface area contributed by atoms with Crippen molar-refractivity contribution in [3.8, 4) is 5.75 Å². The van der Waals surface area contributed by atoms with Gasteiger partial charge in [0.1, 0.15) is 5.02 Å². The highest BCUT2D eigenvalue weighted by molar-refractivity contribution is 6.44. The summed E-state index contributed by atoms with van der Waals surface area (Å²) in [7, 11) is 0. The monoisotopic (exact) mass is 420 g/mol. The zero-order chi connectivity index (χ0) is 19.4. The third-order valence-corrected chi connectivity index (χ3v) is 4.52. The first-order valence-electron chi connectivity index (χ1n) is 8.65. The average Bonchev–Trinajstić information content (AvgIpc) is 2.59. The Morgan fingerprint density at radius 3 is 2.23 bits per heavy atom. The summed E-state index contributed by atoms with van der Waals surface area (Å²) < 4.78 is 10.0. The molecule has 0 aromatic heterocycles. The van der Waals surface area contributed by atoms with Gasteiger partial charge in [0.15, 0.2) is 5.75 Å². The highest BCUT2D eigenvalue weighted by Gasteiger charge is 2.11. The number of hydrogen-bond acceptors (Lipinski definition) is 4. The van der Waals surface area contributed by atoms with Gasteiger partial charge in [-0.2, -0.15) is 0 Å². The van der Waals surface area contributed by atoms with Crippen LogP contribution in [0.3, 0.4) is 0 Å². The zero-order valence-electron chi connectivity index (χ0n) is 14.7. The molecule has 0 bridgehead atoms. The van der Waals surface area contributed by atoms with Crippen LogP contribution in [0.1, 0.15) is 51.9 Å². The molecule has 7 heteroatoms. The van der Waals surface area contributed by atoms with Crippen molar-refractivity contribution in [3.63, 3.8) is 0 Å². The molecule has 144 valence electrons. The highest BCUT2D eigenvalue weighted by Crippen LogP contribution is 2.35. The number of esters is 2. The van der Waals surface area contributed by atoms with Crippen molar-refractivity contribution in [1.82, 2.24) is 0 Å². The van der Waals surface area contributed by atoms with Gasteiger partial charge < -0.3 is 9.47 Å². The fraction of sp³-hybridized carbons (Fsp3) is 0.474. The normalized spacial score (nSPS) is 10.9. The molecule has 1 aromatic carbocycles. The maximum absolute atomic E-state index is 11.7. The van der Waals surface area contributed by atoms with Gasteiger partial charge in [0, 0.05) is 23.2 Å². The Morgan fingerprint density at radius 1 is 0.923 bits per heavy atom. The average molecular weight is 422 g/mol. The predicted octanol–water partition coefficient (Wildman–Crippen LogP) is 6.40. The first-order valence-corrected chi connectivity index (χ1v) is 9.78. The second-order valence-corrected chi connectivity index (χ2v) is 6.96. The quantitative estimate of drug-likeness (QED) is 0.136. The number of carbonyl (C=O) groups excluding carboxylic acids is 2. The molecule has 0 saturated heterocycles. The summed E-state index contributed by atoms with van der Waals surface area (Å²) in [5.41, 5.74) is 0. The Hall–Kier alpha value is -1.23. The molecule has 0 fully saturated rings. The van der Waals surface area contributed by atoms with Crippen LogP contribution in [0.2, 0.25) is 15.1 Å². The summed E-state index contributed by atoms with van der Waals surface area (Å²) >= 11 is 17.6. The van der Waals surface area contributed by atoms with E-state index in [1.165, 1.54) is 37.8 Å². The van der Waals surface area contributed by atoms with E-state index in [4.69, 9.17) is 44.3 Å². The summed E-state index contributed by atoms with van der Waals surface area (Å²) in [5.74, 6) is -1.35. The minimum absolute atomic E-state index is 0.0234.